The fraction of sp³-hybridized carbons (Fsp3) is 0.235. The Morgan fingerprint density at radius 2 is 1.88 bits per heavy atom. The van der Waals surface area contributed by atoms with Crippen molar-refractivity contribution in [3.05, 3.63) is 59.7 Å². The maximum absolute atomic E-state index is 12.3. The van der Waals surface area contributed by atoms with Crippen molar-refractivity contribution >= 4 is 35.6 Å². The molecule has 0 heterocycles. The molecule has 0 amide bonds. The van der Waals surface area contributed by atoms with E-state index in [1.807, 2.05) is 31.2 Å². The molecule has 0 fully saturated rings. The zero-order chi connectivity index (χ0) is 17.6. The predicted octanol–water partition coefficient (Wildman–Crippen LogP) is 4.48. The minimum absolute atomic E-state index is 0. The number of halogens is 4. The molecule has 0 unspecified atom stereocenters. The van der Waals surface area contributed by atoms with Gasteiger partial charge < -0.3 is 15.8 Å². The van der Waals surface area contributed by atoms with Crippen LogP contribution < -0.4 is 15.8 Å². The van der Waals surface area contributed by atoms with Crippen LogP contribution in [-0.4, -0.2) is 18.7 Å². The van der Waals surface area contributed by atoms with E-state index in [0.717, 1.165) is 11.3 Å². The minimum Gasteiger partial charge on any atom is -0.484 e. The lowest BCUT2D eigenvalue weighted by atomic mass is 10.2. The molecule has 0 aliphatic heterocycles. The quantitative estimate of drug-likeness (QED) is 0.389. The van der Waals surface area contributed by atoms with Gasteiger partial charge in [-0.05, 0) is 30.7 Å². The number of para-hydroxylation sites is 1. The molecule has 0 spiro atoms. The van der Waals surface area contributed by atoms with Crippen LogP contribution in [0.5, 0.6) is 5.75 Å². The highest BCUT2D eigenvalue weighted by Crippen LogP contribution is 2.22. The van der Waals surface area contributed by atoms with Crippen LogP contribution in [0.1, 0.15) is 11.1 Å². The van der Waals surface area contributed by atoms with Gasteiger partial charge in [0.15, 0.2) is 12.6 Å². The van der Waals surface area contributed by atoms with Crippen molar-refractivity contribution in [2.24, 2.45) is 10.7 Å². The Kier molecular flexibility index (Phi) is 8.01. The molecule has 0 saturated heterocycles. The van der Waals surface area contributed by atoms with Crippen LogP contribution in [0, 0.1) is 6.92 Å². The summed E-state index contributed by atoms with van der Waals surface area (Å²) >= 11 is 0. The highest BCUT2D eigenvalue weighted by Gasteiger charge is 2.28. The molecule has 0 aliphatic carbocycles. The molecule has 0 saturated carbocycles. The van der Waals surface area contributed by atoms with Crippen LogP contribution in [0.3, 0.4) is 0 Å². The second-order valence-electron chi connectivity index (χ2n) is 5.21. The molecule has 2 rings (SSSR count). The van der Waals surface area contributed by atoms with Crippen molar-refractivity contribution in [3.63, 3.8) is 0 Å². The normalized spacial score (nSPS) is 11.6. The van der Waals surface area contributed by atoms with Gasteiger partial charge in [0.05, 0.1) is 6.54 Å². The molecule has 136 valence electrons. The van der Waals surface area contributed by atoms with Crippen LogP contribution in [0.2, 0.25) is 0 Å². The third-order valence-corrected chi connectivity index (χ3v) is 3.07. The summed E-state index contributed by atoms with van der Waals surface area (Å²) in [5.41, 5.74) is 8.20. The molecule has 0 bridgehead atoms. The lowest BCUT2D eigenvalue weighted by molar-refractivity contribution is -0.153. The van der Waals surface area contributed by atoms with E-state index in [0.29, 0.717) is 5.56 Å². The number of hydrogen-bond acceptors (Lipinski definition) is 2. The maximum Gasteiger partial charge on any atom is 0.422 e. The van der Waals surface area contributed by atoms with E-state index in [2.05, 4.69) is 10.3 Å². The molecule has 3 N–H and O–H groups in total. The van der Waals surface area contributed by atoms with Crippen LogP contribution in [-0.2, 0) is 6.54 Å². The SMILES string of the molecule is Cc1cccc(NC(N)=NCc2ccccc2OCC(F)(F)F)c1.I. The van der Waals surface area contributed by atoms with Crippen molar-refractivity contribution in [1.82, 2.24) is 0 Å². The molecule has 2 aromatic carbocycles. The number of anilines is 1. The summed E-state index contributed by atoms with van der Waals surface area (Å²) in [6.45, 7) is 0.718. The number of rotatable bonds is 5. The maximum atomic E-state index is 12.3. The van der Waals surface area contributed by atoms with E-state index in [9.17, 15) is 13.2 Å². The van der Waals surface area contributed by atoms with E-state index in [4.69, 9.17) is 10.5 Å². The van der Waals surface area contributed by atoms with Crippen molar-refractivity contribution in [2.75, 3.05) is 11.9 Å². The monoisotopic (exact) mass is 465 g/mol. The fourth-order valence-corrected chi connectivity index (χ4v) is 2.02. The van der Waals surface area contributed by atoms with Gasteiger partial charge in [0.1, 0.15) is 5.75 Å². The first-order valence-electron chi connectivity index (χ1n) is 7.24. The van der Waals surface area contributed by atoms with Gasteiger partial charge in [-0.15, -0.1) is 24.0 Å². The van der Waals surface area contributed by atoms with Crippen molar-refractivity contribution in [3.8, 4) is 5.75 Å². The third kappa shape index (κ3) is 7.63. The molecule has 8 heteroatoms. The number of aryl methyl sites for hydroxylation is 1. The van der Waals surface area contributed by atoms with Crippen molar-refractivity contribution in [1.29, 1.82) is 0 Å². The minimum atomic E-state index is -4.39. The summed E-state index contributed by atoms with van der Waals surface area (Å²) in [5, 5.41) is 2.94. The molecule has 0 aromatic heterocycles. The number of benzene rings is 2. The van der Waals surface area contributed by atoms with Crippen LogP contribution in [0.4, 0.5) is 18.9 Å². The second kappa shape index (κ2) is 9.50. The van der Waals surface area contributed by atoms with Crippen LogP contribution in [0.25, 0.3) is 0 Å². The zero-order valence-electron chi connectivity index (χ0n) is 13.5. The molecular formula is C17H19F3IN3O. The van der Waals surface area contributed by atoms with Gasteiger partial charge in [0.25, 0.3) is 0 Å². The Morgan fingerprint density at radius 3 is 2.56 bits per heavy atom. The topological polar surface area (TPSA) is 59.6 Å². The Hall–Kier alpha value is -1.97. The fourth-order valence-electron chi connectivity index (χ4n) is 2.02. The summed E-state index contributed by atoms with van der Waals surface area (Å²) < 4.78 is 41.7. The predicted molar refractivity (Wildman–Crippen MR) is 104 cm³/mol. The van der Waals surface area contributed by atoms with Gasteiger partial charge in [-0.3, -0.25) is 0 Å². The smallest absolute Gasteiger partial charge is 0.422 e. The van der Waals surface area contributed by atoms with Gasteiger partial charge in [0.2, 0.25) is 0 Å². The summed E-state index contributed by atoms with van der Waals surface area (Å²) in [4.78, 5) is 4.15. The van der Waals surface area contributed by atoms with E-state index in [1.54, 1.807) is 18.2 Å². The number of alkyl halides is 3. The number of nitrogens with two attached hydrogens (primary N) is 1. The van der Waals surface area contributed by atoms with Gasteiger partial charge in [-0.2, -0.15) is 13.2 Å². The molecule has 2 aromatic rings. The van der Waals surface area contributed by atoms with E-state index >= 15 is 0 Å². The summed E-state index contributed by atoms with van der Waals surface area (Å²) in [6.07, 6.45) is -4.39. The van der Waals surface area contributed by atoms with Gasteiger partial charge in [0, 0.05) is 11.3 Å². The number of nitrogens with one attached hydrogen (secondary N) is 1. The first-order valence-corrected chi connectivity index (χ1v) is 7.24. The molecule has 0 atom stereocenters. The van der Waals surface area contributed by atoms with Crippen molar-refractivity contribution < 1.29 is 17.9 Å². The van der Waals surface area contributed by atoms with E-state index in [-0.39, 0.29) is 42.2 Å². The third-order valence-electron chi connectivity index (χ3n) is 3.07. The average molecular weight is 465 g/mol. The van der Waals surface area contributed by atoms with Gasteiger partial charge >= 0.3 is 6.18 Å². The number of guanidine groups is 1. The van der Waals surface area contributed by atoms with E-state index in [1.165, 1.54) is 6.07 Å². The van der Waals surface area contributed by atoms with Crippen LogP contribution >= 0.6 is 24.0 Å². The first kappa shape index (κ1) is 21.1. The lowest BCUT2D eigenvalue weighted by Gasteiger charge is -2.12. The largest absolute Gasteiger partial charge is 0.484 e. The molecule has 0 radical (unpaired) electrons. The zero-order valence-corrected chi connectivity index (χ0v) is 15.8. The Bertz CT molecular complexity index is 720. The highest BCUT2D eigenvalue weighted by molar-refractivity contribution is 14.0. The summed E-state index contributed by atoms with van der Waals surface area (Å²) in [7, 11) is 0. The summed E-state index contributed by atoms with van der Waals surface area (Å²) in [6, 6.07) is 14.0. The number of nitrogens with zero attached hydrogens (tertiary/aromatic N) is 1. The average Bonchev–Trinajstić information content (AvgIpc) is 2.51. The highest BCUT2D eigenvalue weighted by atomic mass is 127. The number of hydrogen-bond donors (Lipinski definition) is 2. The number of ether oxygens (including phenoxy) is 1. The summed E-state index contributed by atoms with van der Waals surface area (Å²) in [5.74, 6) is 0.313. The van der Waals surface area contributed by atoms with E-state index < -0.39 is 12.8 Å². The molecular weight excluding hydrogens is 446 g/mol. The van der Waals surface area contributed by atoms with Crippen LogP contribution in [0.15, 0.2) is 53.5 Å². The van der Waals surface area contributed by atoms with Crippen molar-refractivity contribution in [2.45, 2.75) is 19.6 Å². The Labute approximate surface area is 161 Å². The van der Waals surface area contributed by atoms with Gasteiger partial charge in [-0.1, -0.05) is 30.3 Å². The second-order valence-corrected chi connectivity index (χ2v) is 5.21. The number of aliphatic imine (C=N–C) groups is 1. The standard InChI is InChI=1S/C17H18F3N3O.HI/c1-12-5-4-7-14(9-12)23-16(21)22-10-13-6-2-3-8-15(13)24-11-17(18,19)20;/h2-9H,10-11H2,1H3,(H3,21,22,23);1H. The molecule has 4 nitrogen and oxygen atoms in total. The molecule has 25 heavy (non-hydrogen) atoms. The lowest BCUT2D eigenvalue weighted by Crippen LogP contribution is -2.23. The Balaban J connectivity index is 0.00000312. The van der Waals surface area contributed by atoms with Gasteiger partial charge in [-0.25, -0.2) is 4.99 Å². The Morgan fingerprint density at radius 1 is 1.16 bits per heavy atom. The first-order chi connectivity index (χ1) is 11.3. The molecule has 0 aliphatic rings.